The van der Waals surface area contributed by atoms with Crippen molar-refractivity contribution in [3.05, 3.63) is 35.4 Å². The number of hydrogen-bond donors (Lipinski definition) is 2. The molecular weight excluding hydrogens is 287 g/mol. The van der Waals surface area contributed by atoms with Gasteiger partial charge in [0.05, 0.1) is 0 Å². The van der Waals surface area contributed by atoms with Gasteiger partial charge in [-0.1, -0.05) is 31.2 Å². The molecule has 0 fully saturated rings. The maximum Gasteiger partial charge on any atom is 0.450 e. The molecule has 0 radical (unpaired) electrons. The van der Waals surface area contributed by atoms with Crippen molar-refractivity contribution in [2.75, 3.05) is 0 Å². The molecule has 1 aromatic carbocycles. The summed E-state index contributed by atoms with van der Waals surface area (Å²) in [5, 5.41) is 17.1. The third kappa shape index (κ3) is 2.66. The maximum atomic E-state index is 13.4. The molecule has 20 heavy (non-hydrogen) atoms. The van der Waals surface area contributed by atoms with Gasteiger partial charge in [0.2, 0.25) is 5.78 Å². The SMILES string of the molecule is CCc1ccc(C(=O)C(F)(F)C(O)(O)C(F)(F)F)cc1. The summed E-state index contributed by atoms with van der Waals surface area (Å²) in [7, 11) is 0. The summed E-state index contributed by atoms with van der Waals surface area (Å²) in [5.74, 6) is -13.2. The van der Waals surface area contributed by atoms with Crippen LogP contribution in [0.4, 0.5) is 22.0 Å². The minimum atomic E-state index is -6.07. The van der Waals surface area contributed by atoms with Crippen molar-refractivity contribution in [2.45, 2.75) is 31.2 Å². The molecule has 0 unspecified atom stereocenters. The first-order valence-electron chi connectivity index (χ1n) is 5.48. The first-order valence-corrected chi connectivity index (χ1v) is 5.48. The second-order valence-corrected chi connectivity index (χ2v) is 4.12. The highest BCUT2D eigenvalue weighted by Crippen LogP contribution is 2.41. The number of ketones is 1. The summed E-state index contributed by atoms with van der Waals surface area (Å²) in [6, 6.07) is 4.38. The van der Waals surface area contributed by atoms with Crippen molar-refractivity contribution in [3.63, 3.8) is 0 Å². The minimum Gasteiger partial charge on any atom is -0.354 e. The molecule has 0 saturated heterocycles. The van der Waals surface area contributed by atoms with Crippen molar-refractivity contribution >= 4 is 5.78 Å². The number of Topliss-reactive ketones (excluding diaryl/α,β-unsaturated/α-hetero) is 1. The predicted molar refractivity (Wildman–Crippen MR) is 58.3 cm³/mol. The number of benzene rings is 1. The van der Waals surface area contributed by atoms with Gasteiger partial charge in [0, 0.05) is 5.56 Å². The Morgan fingerprint density at radius 3 is 1.85 bits per heavy atom. The lowest BCUT2D eigenvalue weighted by Crippen LogP contribution is -2.62. The van der Waals surface area contributed by atoms with Gasteiger partial charge in [-0.2, -0.15) is 22.0 Å². The van der Waals surface area contributed by atoms with Gasteiger partial charge in [0.1, 0.15) is 0 Å². The molecule has 2 N–H and O–H groups in total. The fourth-order valence-electron chi connectivity index (χ4n) is 1.41. The van der Waals surface area contributed by atoms with Crippen molar-refractivity contribution in [1.29, 1.82) is 0 Å². The smallest absolute Gasteiger partial charge is 0.354 e. The Bertz CT molecular complexity index is 491. The highest BCUT2D eigenvalue weighted by molar-refractivity contribution is 6.02. The summed E-state index contributed by atoms with van der Waals surface area (Å²) in [6.45, 7) is 1.75. The van der Waals surface area contributed by atoms with Crippen LogP contribution in [0.5, 0.6) is 0 Å². The van der Waals surface area contributed by atoms with Crippen LogP contribution >= 0.6 is 0 Å². The lowest BCUT2D eigenvalue weighted by Gasteiger charge is -2.31. The van der Waals surface area contributed by atoms with Gasteiger partial charge in [-0.3, -0.25) is 4.79 Å². The molecule has 1 rings (SSSR count). The van der Waals surface area contributed by atoms with Gasteiger partial charge >= 0.3 is 17.9 Å². The second-order valence-electron chi connectivity index (χ2n) is 4.12. The van der Waals surface area contributed by atoms with Crippen LogP contribution in [0, 0.1) is 0 Å². The molecule has 0 aliphatic rings. The monoisotopic (exact) mass is 298 g/mol. The van der Waals surface area contributed by atoms with Gasteiger partial charge < -0.3 is 10.2 Å². The zero-order valence-electron chi connectivity index (χ0n) is 10.2. The highest BCUT2D eigenvalue weighted by atomic mass is 19.4. The lowest BCUT2D eigenvalue weighted by molar-refractivity contribution is -0.402. The van der Waals surface area contributed by atoms with Crippen molar-refractivity contribution in [2.24, 2.45) is 0 Å². The van der Waals surface area contributed by atoms with Crippen LogP contribution in [-0.2, 0) is 6.42 Å². The molecule has 0 aliphatic heterocycles. The van der Waals surface area contributed by atoms with Crippen molar-refractivity contribution in [1.82, 2.24) is 0 Å². The fourth-order valence-corrected chi connectivity index (χ4v) is 1.41. The molecule has 0 bridgehead atoms. The second kappa shape index (κ2) is 5.10. The standard InChI is InChI=1S/C12H11F5O3/c1-2-7-3-5-8(6-4-7)9(18)10(13,14)11(19,20)12(15,16)17/h3-6,19-20H,2H2,1H3. The van der Waals surface area contributed by atoms with Crippen LogP contribution in [-0.4, -0.2) is 33.9 Å². The van der Waals surface area contributed by atoms with Crippen LogP contribution < -0.4 is 0 Å². The molecule has 0 heterocycles. The van der Waals surface area contributed by atoms with Crippen LogP contribution in [0.2, 0.25) is 0 Å². The molecule has 0 aliphatic carbocycles. The molecule has 1 aromatic rings. The molecule has 0 saturated carbocycles. The van der Waals surface area contributed by atoms with E-state index in [9.17, 15) is 26.7 Å². The summed E-state index contributed by atoms with van der Waals surface area (Å²) >= 11 is 0. The third-order valence-corrected chi connectivity index (χ3v) is 2.74. The zero-order chi connectivity index (χ0) is 15.8. The Balaban J connectivity index is 3.17. The zero-order valence-corrected chi connectivity index (χ0v) is 10.2. The molecule has 8 heteroatoms. The largest absolute Gasteiger partial charge is 0.450 e. The number of carbonyl (C=O) groups excluding carboxylic acids is 1. The molecular formula is C12H11F5O3. The minimum absolute atomic E-state index is 0.539. The molecule has 0 amide bonds. The Morgan fingerprint density at radius 1 is 1.05 bits per heavy atom. The van der Waals surface area contributed by atoms with E-state index >= 15 is 0 Å². The summed E-state index contributed by atoms with van der Waals surface area (Å²) < 4.78 is 63.4. The number of carbonyl (C=O) groups is 1. The number of aryl methyl sites for hydroxylation is 1. The number of halogens is 5. The number of alkyl halides is 5. The van der Waals surface area contributed by atoms with Crippen LogP contribution in [0.1, 0.15) is 22.8 Å². The quantitative estimate of drug-likeness (QED) is 0.509. The third-order valence-electron chi connectivity index (χ3n) is 2.74. The summed E-state index contributed by atoms with van der Waals surface area (Å²) in [6.07, 6.45) is -5.53. The first-order chi connectivity index (χ1) is 8.95. The predicted octanol–water partition coefficient (Wildman–Crippen LogP) is 2.31. The Labute approximate surface area is 110 Å². The molecule has 112 valence electrons. The number of aliphatic hydroxyl groups is 2. The summed E-state index contributed by atoms with van der Waals surface area (Å²) in [4.78, 5) is 11.4. The van der Waals surface area contributed by atoms with Crippen LogP contribution in [0.25, 0.3) is 0 Å². The normalized spacial score (nSPS) is 13.4. The van der Waals surface area contributed by atoms with Crippen molar-refractivity contribution in [3.8, 4) is 0 Å². The van der Waals surface area contributed by atoms with E-state index in [-0.39, 0.29) is 0 Å². The van der Waals surface area contributed by atoms with Gasteiger partial charge in [0.15, 0.2) is 0 Å². The molecule has 0 spiro atoms. The average Bonchev–Trinajstić information content (AvgIpc) is 2.36. The van der Waals surface area contributed by atoms with E-state index in [1.807, 2.05) is 0 Å². The molecule has 3 nitrogen and oxygen atoms in total. The maximum absolute atomic E-state index is 13.4. The average molecular weight is 298 g/mol. The number of rotatable bonds is 4. The van der Waals surface area contributed by atoms with Crippen LogP contribution in [0.15, 0.2) is 24.3 Å². The van der Waals surface area contributed by atoms with E-state index in [0.717, 1.165) is 12.1 Å². The van der Waals surface area contributed by atoms with E-state index in [2.05, 4.69) is 0 Å². The fraction of sp³-hybridized carbons (Fsp3) is 0.417. The van der Waals surface area contributed by atoms with E-state index in [1.54, 1.807) is 6.92 Å². The van der Waals surface area contributed by atoms with Gasteiger partial charge in [-0.25, -0.2) is 0 Å². The Hall–Kier alpha value is -1.54. The van der Waals surface area contributed by atoms with Gasteiger partial charge in [-0.05, 0) is 12.0 Å². The lowest BCUT2D eigenvalue weighted by atomic mass is 9.97. The van der Waals surface area contributed by atoms with E-state index in [4.69, 9.17) is 10.2 Å². The van der Waals surface area contributed by atoms with Gasteiger partial charge in [0.25, 0.3) is 0 Å². The molecule has 0 aromatic heterocycles. The number of hydrogen-bond acceptors (Lipinski definition) is 3. The van der Waals surface area contributed by atoms with E-state index in [1.165, 1.54) is 12.1 Å². The van der Waals surface area contributed by atoms with E-state index < -0.39 is 29.2 Å². The topological polar surface area (TPSA) is 57.5 Å². The van der Waals surface area contributed by atoms with E-state index in [0.29, 0.717) is 12.0 Å². The Morgan fingerprint density at radius 2 is 1.50 bits per heavy atom. The Kier molecular flexibility index (Phi) is 4.21. The van der Waals surface area contributed by atoms with Gasteiger partial charge in [-0.15, -0.1) is 0 Å². The highest BCUT2D eigenvalue weighted by Gasteiger charge is 2.72. The van der Waals surface area contributed by atoms with Crippen molar-refractivity contribution < 1.29 is 37.0 Å². The first kappa shape index (κ1) is 16.5. The van der Waals surface area contributed by atoms with Crippen LogP contribution in [0.3, 0.4) is 0 Å². The molecule has 0 atom stereocenters. The summed E-state index contributed by atoms with van der Waals surface area (Å²) in [5.41, 5.74) is -0.0659.